The standard InChI is InChI=1S/C15H15N3O6/c1-9(13(20)17-7-6-16-14(17)21)23-12(19)8-18-10-4-2-3-5-11(10)24-15(18)22/h2-5,9H,6-8H2,1H3,(H,16,21). The summed E-state index contributed by atoms with van der Waals surface area (Å²) in [5.74, 6) is -2.07. The van der Waals surface area contributed by atoms with E-state index in [2.05, 4.69) is 5.32 Å². The first kappa shape index (κ1) is 15.8. The van der Waals surface area contributed by atoms with Gasteiger partial charge in [0.1, 0.15) is 6.54 Å². The monoisotopic (exact) mass is 333 g/mol. The van der Waals surface area contributed by atoms with Crippen LogP contribution in [0.1, 0.15) is 6.92 Å². The Morgan fingerprint density at radius 1 is 1.33 bits per heavy atom. The SMILES string of the molecule is CC(OC(=O)Cn1c(=O)oc2ccccc21)C(=O)N1CCNC1=O. The Labute approximate surface area is 135 Å². The Kier molecular flexibility index (Phi) is 4.07. The topological polar surface area (TPSA) is 111 Å². The summed E-state index contributed by atoms with van der Waals surface area (Å²) in [6.45, 7) is 1.58. The number of hydrogen-bond donors (Lipinski definition) is 1. The molecule has 0 saturated carbocycles. The molecular weight excluding hydrogens is 318 g/mol. The quantitative estimate of drug-likeness (QED) is 0.793. The van der Waals surface area contributed by atoms with Crippen molar-refractivity contribution in [2.75, 3.05) is 13.1 Å². The molecule has 1 unspecified atom stereocenters. The number of nitrogens with zero attached hydrogens (tertiary/aromatic N) is 2. The molecule has 9 heteroatoms. The van der Waals surface area contributed by atoms with E-state index < -0.39 is 29.8 Å². The molecule has 0 bridgehead atoms. The summed E-state index contributed by atoms with van der Waals surface area (Å²) in [5, 5.41) is 2.49. The third kappa shape index (κ3) is 2.87. The number of para-hydroxylation sites is 2. The van der Waals surface area contributed by atoms with E-state index in [-0.39, 0.29) is 13.1 Å². The molecule has 1 N–H and O–H groups in total. The van der Waals surface area contributed by atoms with Gasteiger partial charge in [0.2, 0.25) is 0 Å². The van der Waals surface area contributed by atoms with Crippen LogP contribution in [0.2, 0.25) is 0 Å². The van der Waals surface area contributed by atoms with Crippen LogP contribution in [0.3, 0.4) is 0 Å². The summed E-state index contributed by atoms with van der Waals surface area (Å²) in [6.07, 6.45) is -1.13. The molecule has 0 spiro atoms. The zero-order valence-electron chi connectivity index (χ0n) is 12.9. The number of carbonyl (C=O) groups excluding carboxylic acids is 3. The first-order chi connectivity index (χ1) is 11.5. The fraction of sp³-hybridized carbons (Fsp3) is 0.333. The van der Waals surface area contributed by atoms with Crippen molar-refractivity contribution in [3.63, 3.8) is 0 Å². The Morgan fingerprint density at radius 3 is 2.79 bits per heavy atom. The largest absolute Gasteiger partial charge is 0.451 e. The lowest BCUT2D eigenvalue weighted by Crippen LogP contribution is -2.42. The Morgan fingerprint density at radius 2 is 2.08 bits per heavy atom. The highest BCUT2D eigenvalue weighted by atomic mass is 16.5. The molecule has 9 nitrogen and oxygen atoms in total. The van der Waals surface area contributed by atoms with Gasteiger partial charge < -0.3 is 14.5 Å². The number of urea groups is 1. The molecule has 1 aliphatic heterocycles. The van der Waals surface area contributed by atoms with Gasteiger partial charge in [-0.15, -0.1) is 0 Å². The third-order valence-electron chi connectivity index (χ3n) is 3.64. The number of nitrogens with one attached hydrogen (secondary N) is 1. The average Bonchev–Trinajstić information content (AvgIpc) is 3.10. The molecule has 2 heterocycles. The van der Waals surface area contributed by atoms with Gasteiger partial charge in [0.15, 0.2) is 11.7 Å². The van der Waals surface area contributed by atoms with Crippen molar-refractivity contribution in [3.05, 3.63) is 34.8 Å². The van der Waals surface area contributed by atoms with Gasteiger partial charge in [-0.3, -0.25) is 19.1 Å². The predicted octanol–water partition coefficient (Wildman–Crippen LogP) is 0.0780. The molecule has 1 saturated heterocycles. The van der Waals surface area contributed by atoms with Gasteiger partial charge in [0, 0.05) is 13.1 Å². The van der Waals surface area contributed by atoms with Crippen molar-refractivity contribution < 1.29 is 23.5 Å². The lowest BCUT2D eigenvalue weighted by molar-refractivity contribution is -0.158. The Hall–Kier alpha value is -3.10. The predicted molar refractivity (Wildman–Crippen MR) is 81.1 cm³/mol. The van der Waals surface area contributed by atoms with Crippen molar-refractivity contribution >= 4 is 29.0 Å². The lowest BCUT2D eigenvalue weighted by atomic mass is 10.3. The molecule has 1 atom stereocenters. The zero-order valence-corrected chi connectivity index (χ0v) is 12.9. The van der Waals surface area contributed by atoms with Crippen LogP contribution in [0.15, 0.2) is 33.5 Å². The lowest BCUT2D eigenvalue weighted by Gasteiger charge is -2.18. The molecule has 3 rings (SSSR count). The van der Waals surface area contributed by atoms with Crippen molar-refractivity contribution in [1.29, 1.82) is 0 Å². The van der Waals surface area contributed by atoms with Crippen LogP contribution >= 0.6 is 0 Å². The molecular formula is C15H15N3O6. The number of carbonyl (C=O) groups is 3. The number of imide groups is 1. The fourth-order valence-electron chi connectivity index (χ4n) is 2.48. The second kappa shape index (κ2) is 6.19. The van der Waals surface area contributed by atoms with Crippen LogP contribution in [-0.4, -0.2) is 46.6 Å². The number of benzene rings is 1. The summed E-state index contributed by atoms with van der Waals surface area (Å²) in [7, 11) is 0. The highest BCUT2D eigenvalue weighted by Gasteiger charge is 2.31. The molecule has 1 fully saturated rings. The Bertz CT molecular complexity index is 867. The number of amides is 3. The van der Waals surface area contributed by atoms with Gasteiger partial charge in [-0.05, 0) is 19.1 Å². The Balaban J connectivity index is 1.69. The summed E-state index contributed by atoms with van der Waals surface area (Å²) in [4.78, 5) is 48.3. The van der Waals surface area contributed by atoms with Gasteiger partial charge in [-0.1, -0.05) is 12.1 Å². The number of esters is 1. The molecule has 126 valence electrons. The molecule has 0 aliphatic carbocycles. The van der Waals surface area contributed by atoms with E-state index in [1.54, 1.807) is 24.3 Å². The van der Waals surface area contributed by atoms with Crippen molar-refractivity contribution in [1.82, 2.24) is 14.8 Å². The van der Waals surface area contributed by atoms with E-state index in [1.165, 1.54) is 6.92 Å². The van der Waals surface area contributed by atoms with Crippen molar-refractivity contribution in [3.8, 4) is 0 Å². The maximum absolute atomic E-state index is 12.1. The first-order valence-electron chi connectivity index (χ1n) is 7.34. The van der Waals surface area contributed by atoms with Crippen LogP contribution in [0.25, 0.3) is 11.1 Å². The van der Waals surface area contributed by atoms with Gasteiger partial charge in [0.25, 0.3) is 5.91 Å². The van der Waals surface area contributed by atoms with Gasteiger partial charge >= 0.3 is 17.8 Å². The fourth-order valence-corrected chi connectivity index (χ4v) is 2.48. The normalized spacial score (nSPS) is 15.4. The van der Waals surface area contributed by atoms with Gasteiger partial charge in [0.05, 0.1) is 5.52 Å². The van der Waals surface area contributed by atoms with E-state index in [9.17, 15) is 19.2 Å². The van der Waals surface area contributed by atoms with Gasteiger partial charge in [-0.25, -0.2) is 9.59 Å². The maximum Gasteiger partial charge on any atom is 0.420 e. The number of fused-ring (bicyclic) bond motifs is 1. The number of aromatic nitrogens is 1. The first-order valence-corrected chi connectivity index (χ1v) is 7.34. The van der Waals surface area contributed by atoms with E-state index in [0.717, 1.165) is 9.47 Å². The minimum absolute atomic E-state index is 0.228. The number of oxazole rings is 1. The van der Waals surface area contributed by atoms with Crippen LogP contribution in [-0.2, 0) is 20.9 Å². The molecule has 0 radical (unpaired) electrons. The van der Waals surface area contributed by atoms with E-state index in [0.29, 0.717) is 17.6 Å². The number of ether oxygens (including phenoxy) is 1. The molecule has 1 aromatic heterocycles. The molecule has 1 aromatic carbocycles. The second-order valence-corrected chi connectivity index (χ2v) is 5.28. The van der Waals surface area contributed by atoms with E-state index in [4.69, 9.17) is 9.15 Å². The zero-order chi connectivity index (χ0) is 17.3. The molecule has 24 heavy (non-hydrogen) atoms. The highest BCUT2D eigenvalue weighted by molar-refractivity contribution is 5.98. The second-order valence-electron chi connectivity index (χ2n) is 5.28. The summed E-state index contributed by atoms with van der Waals surface area (Å²) >= 11 is 0. The van der Waals surface area contributed by atoms with Crippen LogP contribution < -0.4 is 11.1 Å². The van der Waals surface area contributed by atoms with Gasteiger partial charge in [-0.2, -0.15) is 0 Å². The summed E-state index contributed by atoms with van der Waals surface area (Å²) < 4.78 is 11.2. The van der Waals surface area contributed by atoms with E-state index in [1.807, 2.05) is 0 Å². The summed E-state index contributed by atoms with van der Waals surface area (Å²) in [5.41, 5.74) is 0.811. The third-order valence-corrected chi connectivity index (χ3v) is 3.64. The molecule has 3 amide bonds. The molecule has 2 aromatic rings. The summed E-state index contributed by atoms with van der Waals surface area (Å²) in [6, 6.07) is 6.14. The van der Waals surface area contributed by atoms with E-state index >= 15 is 0 Å². The maximum atomic E-state index is 12.1. The number of hydrogen-bond acceptors (Lipinski definition) is 6. The van der Waals surface area contributed by atoms with Crippen molar-refractivity contribution in [2.45, 2.75) is 19.6 Å². The smallest absolute Gasteiger partial charge is 0.420 e. The van der Waals surface area contributed by atoms with Crippen molar-refractivity contribution in [2.24, 2.45) is 0 Å². The van der Waals surface area contributed by atoms with Crippen LogP contribution in [0, 0.1) is 0 Å². The minimum atomic E-state index is -1.13. The van der Waals surface area contributed by atoms with Crippen LogP contribution in [0.5, 0.6) is 0 Å². The molecule has 1 aliphatic rings. The highest BCUT2D eigenvalue weighted by Crippen LogP contribution is 2.12. The average molecular weight is 333 g/mol. The minimum Gasteiger partial charge on any atom is -0.451 e. The number of rotatable bonds is 4. The van der Waals surface area contributed by atoms with Crippen LogP contribution in [0.4, 0.5) is 4.79 Å².